The first-order valence-electron chi connectivity index (χ1n) is 10.6. The summed E-state index contributed by atoms with van der Waals surface area (Å²) in [6.45, 7) is 3.75. The molecule has 1 saturated heterocycles. The molecule has 6 nitrogen and oxygen atoms in total. The summed E-state index contributed by atoms with van der Waals surface area (Å²) in [5, 5.41) is 2.86. The van der Waals surface area contributed by atoms with Crippen molar-refractivity contribution in [3.63, 3.8) is 0 Å². The molecule has 1 heterocycles. The van der Waals surface area contributed by atoms with Gasteiger partial charge in [-0.15, -0.1) is 0 Å². The summed E-state index contributed by atoms with van der Waals surface area (Å²) < 4.78 is 40.2. The Morgan fingerprint density at radius 2 is 1.94 bits per heavy atom. The number of hydrogen-bond donors (Lipinski definition) is 1. The van der Waals surface area contributed by atoms with Gasteiger partial charge in [0, 0.05) is 32.3 Å². The van der Waals surface area contributed by atoms with Crippen LogP contribution < -0.4 is 14.8 Å². The van der Waals surface area contributed by atoms with Crippen LogP contribution in [0.4, 0.5) is 8.78 Å². The summed E-state index contributed by atoms with van der Waals surface area (Å²) in [6.07, 6.45) is 3.00. The van der Waals surface area contributed by atoms with Crippen LogP contribution in [0.15, 0.2) is 48.5 Å². The van der Waals surface area contributed by atoms with E-state index in [-0.39, 0.29) is 17.4 Å². The van der Waals surface area contributed by atoms with Crippen molar-refractivity contribution in [2.45, 2.75) is 26.6 Å². The molecule has 1 N–H and O–H groups in total. The van der Waals surface area contributed by atoms with Gasteiger partial charge in [-0.05, 0) is 41.8 Å². The molecule has 0 unspecified atom stereocenters. The first-order valence-corrected chi connectivity index (χ1v) is 10.6. The lowest BCUT2D eigenvalue weighted by molar-refractivity contribution is -0.116. The van der Waals surface area contributed by atoms with Gasteiger partial charge >= 0.3 is 6.61 Å². The number of alkyl halides is 2. The van der Waals surface area contributed by atoms with Crippen LogP contribution in [-0.4, -0.2) is 50.3 Å². The molecule has 2 aromatic rings. The van der Waals surface area contributed by atoms with E-state index in [0.29, 0.717) is 18.7 Å². The standard InChI is InChI=1S/C24H28F2N2O4/c1-2-31-22-15-18(6-8-21(22)32-24(25)26)7-9-23(29)27-16-19-4-3-5-20(14-19)17-28-10-12-30-13-11-28/h3-9,14-15,24H,2,10-13,16-17H2,1H3,(H,27,29). The largest absolute Gasteiger partial charge is 0.490 e. The Hall–Kier alpha value is -2.97. The number of morpholine rings is 1. The summed E-state index contributed by atoms with van der Waals surface area (Å²) in [7, 11) is 0. The van der Waals surface area contributed by atoms with Gasteiger partial charge in [0.1, 0.15) is 0 Å². The van der Waals surface area contributed by atoms with Gasteiger partial charge in [0.15, 0.2) is 11.5 Å². The predicted octanol–water partition coefficient (Wildman–Crippen LogP) is 3.85. The second-order valence-corrected chi connectivity index (χ2v) is 7.28. The maximum absolute atomic E-state index is 12.5. The molecule has 2 aromatic carbocycles. The van der Waals surface area contributed by atoms with Crippen LogP contribution in [0.3, 0.4) is 0 Å². The molecule has 0 saturated carbocycles. The van der Waals surface area contributed by atoms with Gasteiger partial charge < -0.3 is 19.5 Å². The molecule has 32 heavy (non-hydrogen) atoms. The Morgan fingerprint density at radius 1 is 1.16 bits per heavy atom. The van der Waals surface area contributed by atoms with Gasteiger partial charge in [-0.25, -0.2) is 0 Å². The van der Waals surface area contributed by atoms with Crippen molar-refractivity contribution < 1.29 is 27.8 Å². The van der Waals surface area contributed by atoms with Crippen molar-refractivity contribution in [2.24, 2.45) is 0 Å². The van der Waals surface area contributed by atoms with E-state index in [2.05, 4.69) is 27.1 Å². The summed E-state index contributed by atoms with van der Waals surface area (Å²) in [6, 6.07) is 12.7. The highest BCUT2D eigenvalue weighted by molar-refractivity contribution is 5.91. The molecule has 172 valence electrons. The summed E-state index contributed by atoms with van der Waals surface area (Å²) >= 11 is 0. The quantitative estimate of drug-likeness (QED) is 0.562. The van der Waals surface area contributed by atoms with Crippen LogP contribution in [0, 0.1) is 0 Å². The number of carbonyl (C=O) groups is 1. The topological polar surface area (TPSA) is 60.0 Å². The third-order valence-electron chi connectivity index (χ3n) is 4.88. The molecule has 1 amide bonds. The summed E-state index contributed by atoms with van der Waals surface area (Å²) in [4.78, 5) is 14.6. The maximum atomic E-state index is 12.5. The first-order chi connectivity index (χ1) is 15.5. The zero-order chi connectivity index (χ0) is 22.8. The Bertz CT molecular complexity index is 915. The highest BCUT2D eigenvalue weighted by atomic mass is 19.3. The SMILES string of the molecule is CCOc1cc(C=CC(=O)NCc2cccc(CN3CCOCC3)c2)ccc1OC(F)F. The van der Waals surface area contributed by atoms with Crippen molar-refractivity contribution >= 4 is 12.0 Å². The van der Waals surface area contributed by atoms with Crippen molar-refractivity contribution in [1.29, 1.82) is 0 Å². The fraction of sp³-hybridized carbons (Fsp3) is 0.375. The molecule has 3 rings (SSSR count). The summed E-state index contributed by atoms with van der Waals surface area (Å²) in [5.74, 6) is -0.0951. The van der Waals surface area contributed by atoms with E-state index in [1.54, 1.807) is 25.1 Å². The predicted molar refractivity (Wildman–Crippen MR) is 118 cm³/mol. The smallest absolute Gasteiger partial charge is 0.387 e. The van der Waals surface area contributed by atoms with E-state index in [0.717, 1.165) is 38.4 Å². The number of benzene rings is 2. The third kappa shape index (κ3) is 7.62. The molecule has 8 heteroatoms. The molecule has 0 atom stereocenters. The number of nitrogens with zero attached hydrogens (tertiary/aromatic N) is 1. The van der Waals surface area contributed by atoms with E-state index in [1.165, 1.54) is 17.7 Å². The number of carbonyl (C=O) groups excluding carboxylic acids is 1. The van der Waals surface area contributed by atoms with Crippen LogP contribution in [0.2, 0.25) is 0 Å². The van der Waals surface area contributed by atoms with Gasteiger partial charge in [0.2, 0.25) is 5.91 Å². The first kappa shape index (κ1) is 23.7. The average Bonchev–Trinajstić information content (AvgIpc) is 2.78. The highest BCUT2D eigenvalue weighted by Crippen LogP contribution is 2.30. The molecular formula is C24H28F2N2O4. The van der Waals surface area contributed by atoms with Crippen LogP contribution in [0.1, 0.15) is 23.6 Å². The minimum Gasteiger partial charge on any atom is -0.490 e. The summed E-state index contributed by atoms with van der Waals surface area (Å²) in [5.41, 5.74) is 2.85. The van der Waals surface area contributed by atoms with Crippen molar-refractivity contribution in [2.75, 3.05) is 32.9 Å². The molecular weight excluding hydrogens is 418 g/mol. The van der Waals surface area contributed by atoms with E-state index in [4.69, 9.17) is 9.47 Å². The maximum Gasteiger partial charge on any atom is 0.387 e. The van der Waals surface area contributed by atoms with E-state index in [9.17, 15) is 13.6 Å². The molecule has 1 aliphatic heterocycles. The van der Waals surface area contributed by atoms with Crippen LogP contribution >= 0.6 is 0 Å². The van der Waals surface area contributed by atoms with Crippen molar-refractivity contribution in [1.82, 2.24) is 10.2 Å². The normalized spacial score (nSPS) is 14.6. The Kier molecular flexibility index (Phi) is 9.01. The Balaban J connectivity index is 1.54. The molecule has 0 spiro atoms. The van der Waals surface area contributed by atoms with Crippen LogP contribution in [0.5, 0.6) is 11.5 Å². The Labute approximate surface area is 186 Å². The molecule has 0 bridgehead atoms. The lowest BCUT2D eigenvalue weighted by Crippen LogP contribution is -2.35. The minimum atomic E-state index is -2.94. The fourth-order valence-corrected chi connectivity index (χ4v) is 3.37. The second-order valence-electron chi connectivity index (χ2n) is 7.28. The van der Waals surface area contributed by atoms with Gasteiger partial charge in [-0.2, -0.15) is 8.78 Å². The number of hydrogen-bond acceptors (Lipinski definition) is 5. The number of halogens is 2. The lowest BCUT2D eigenvalue weighted by Gasteiger charge is -2.26. The van der Waals surface area contributed by atoms with E-state index in [1.807, 2.05) is 12.1 Å². The second kappa shape index (κ2) is 12.2. The highest BCUT2D eigenvalue weighted by Gasteiger charge is 2.12. The van der Waals surface area contributed by atoms with Crippen molar-refractivity contribution in [3.8, 4) is 11.5 Å². The number of rotatable bonds is 10. The number of nitrogens with one attached hydrogen (secondary N) is 1. The van der Waals surface area contributed by atoms with Gasteiger partial charge in [-0.1, -0.05) is 30.3 Å². The monoisotopic (exact) mass is 446 g/mol. The lowest BCUT2D eigenvalue weighted by atomic mass is 10.1. The van der Waals surface area contributed by atoms with Crippen molar-refractivity contribution in [3.05, 3.63) is 65.2 Å². The zero-order valence-electron chi connectivity index (χ0n) is 18.1. The van der Waals surface area contributed by atoms with Gasteiger partial charge in [0.05, 0.1) is 19.8 Å². The molecule has 0 aromatic heterocycles. The van der Waals surface area contributed by atoms with Crippen LogP contribution in [0.25, 0.3) is 6.08 Å². The van der Waals surface area contributed by atoms with Gasteiger partial charge in [0.25, 0.3) is 0 Å². The third-order valence-corrected chi connectivity index (χ3v) is 4.88. The number of ether oxygens (including phenoxy) is 3. The molecule has 1 aliphatic rings. The van der Waals surface area contributed by atoms with Crippen LogP contribution in [-0.2, 0) is 22.6 Å². The molecule has 1 fully saturated rings. The molecule has 0 aliphatic carbocycles. The zero-order valence-corrected chi connectivity index (χ0v) is 18.1. The average molecular weight is 446 g/mol. The minimum absolute atomic E-state index is 0.0413. The van der Waals surface area contributed by atoms with E-state index < -0.39 is 6.61 Å². The Morgan fingerprint density at radius 3 is 2.69 bits per heavy atom. The van der Waals surface area contributed by atoms with E-state index >= 15 is 0 Å². The number of amides is 1. The van der Waals surface area contributed by atoms with Gasteiger partial charge in [-0.3, -0.25) is 9.69 Å². The molecule has 0 radical (unpaired) electrons. The fourth-order valence-electron chi connectivity index (χ4n) is 3.37.